The summed E-state index contributed by atoms with van der Waals surface area (Å²) in [4.78, 5) is 41.8. The number of aryl methyl sites for hydroxylation is 2. The molecule has 214 valence electrons. The molecule has 2 rings (SSSR count). The lowest BCUT2D eigenvalue weighted by Gasteiger charge is -2.34. The predicted molar refractivity (Wildman–Crippen MR) is 155 cm³/mol. The maximum atomic E-state index is 13.9. The van der Waals surface area contributed by atoms with Crippen molar-refractivity contribution < 1.29 is 24.2 Å². The molecule has 0 aliphatic rings. The Hall–Kier alpha value is -3.55. The molecule has 0 spiro atoms. The SMILES string of the molecule is CCCCCCCN(C(=O)C(C)NC(=O)OC(C)(C)C)C(C(=O)Nc1ccccc1C)c1ccc(O)c(C)c1. The molecule has 0 bridgehead atoms. The number of benzene rings is 2. The molecular weight excluding hydrogens is 494 g/mol. The molecular formula is C31H45N3O5. The molecule has 8 nitrogen and oxygen atoms in total. The smallest absolute Gasteiger partial charge is 0.408 e. The van der Waals surface area contributed by atoms with Crippen molar-refractivity contribution in [2.75, 3.05) is 11.9 Å². The van der Waals surface area contributed by atoms with E-state index >= 15 is 0 Å². The number of anilines is 1. The van der Waals surface area contributed by atoms with E-state index in [0.29, 0.717) is 29.8 Å². The first-order valence-electron chi connectivity index (χ1n) is 13.8. The van der Waals surface area contributed by atoms with Gasteiger partial charge in [0.15, 0.2) is 0 Å². The number of phenols is 1. The van der Waals surface area contributed by atoms with Crippen molar-refractivity contribution in [3.63, 3.8) is 0 Å². The maximum absolute atomic E-state index is 13.9. The lowest BCUT2D eigenvalue weighted by atomic mass is 9.99. The summed E-state index contributed by atoms with van der Waals surface area (Å²) >= 11 is 0. The van der Waals surface area contributed by atoms with E-state index in [1.54, 1.807) is 46.8 Å². The van der Waals surface area contributed by atoms with E-state index in [4.69, 9.17) is 4.74 Å². The van der Waals surface area contributed by atoms with Crippen LogP contribution in [0.4, 0.5) is 10.5 Å². The molecule has 0 heterocycles. The van der Waals surface area contributed by atoms with Gasteiger partial charge in [0.05, 0.1) is 0 Å². The highest BCUT2D eigenvalue weighted by molar-refractivity contribution is 5.99. The zero-order valence-corrected chi connectivity index (χ0v) is 24.5. The van der Waals surface area contributed by atoms with Crippen LogP contribution >= 0.6 is 0 Å². The minimum Gasteiger partial charge on any atom is -0.508 e. The first-order valence-corrected chi connectivity index (χ1v) is 13.8. The molecule has 0 aromatic heterocycles. The average molecular weight is 540 g/mol. The third-order valence-corrected chi connectivity index (χ3v) is 6.39. The van der Waals surface area contributed by atoms with Gasteiger partial charge >= 0.3 is 6.09 Å². The summed E-state index contributed by atoms with van der Waals surface area (Å²) < 4.78 is 5.35. The van der Waals surface area contributed by atoms with Gasteiger partial charge in [0.2, 0.25) is 5.91 Å². The van der Waals surface area contributed by atoms with Gasteiger partial charge in [-0.15, -0.1) is 0 Å². The van der Waals surface area contributed by atoms with Crippen LogP contribution in [0.1, 0.15) is 89.5 Å². The van der Waals surface area contributed by atoms with Crippen molar-refractivity contribution in [1.82, 2.24) is 10.2 Å². The van der Waals surface area contributed by atoms with Gasteiger partial charge in [-0.3, -0.25) is 9.59 Å². The summed E-state index contributed by atoms with van der Waals surface area (Å²) in [5, 5.41) is 15.8. The molecule has 0 aliphatic heterocycles. The third-order valence-electron chi connectivity index (χ3n) is 6.39. The number of amides is 3. The standard InChI is InChI=1S/C31H45N3O5/c1-8-9-10-11-14-19-34(29(37)23(4)32-30(38)39-31(5,6)7)27(24-17-18-26(35)22(3)20-24)28(36)33-25-16-13-12-15-21(25)2/h12-13,15-18,20,23,27,35H,8-11,14,19H2,1-7H3,(H,32,38)(H,33,36). The van der Waals surface area contributed by atoms with Crippen molar-refractivity contribution in [3.8, 4) is 5.75 Å². The number of aromatic hydroxyl groups is 1. The third kappa shape index (κ3) is 9.93. The second kappa shape index (κ2) is 14.6. The highest BCUT2D eigenvalue weighted by Crippen LogP contribution is 2.29. The molecule has 3 amide bonds. The fraction of sp³-hybridized carbons (Fsp3) is 0.516. The van der Waals surface area contributed by atoms with Crippen LogP contribution in [0.5, 0.6) is 5.75 Å². The molecule has 2 atom stereocenters. The molecule has 2 aromatic carbocycles. The van der Waals surface area contributed by atoms with Crippen LogP contribution in [-0.2, 0) is 14.3 Å². The van der Waals surface area contributed by atoms with Crippen molar-refractivity contribution >= 4 is 23.6 Å². The summed E-state index contributed by atoms with van der Waals surface area (Å²) in [5.41, 5.74) is 1.99. The highest BCUT2D eigenvalue weighted by Gasteiger charge is 2.35. The molecule has 0 aliphatic carbocycles. The lowest BCUT2D eigenvalue weighted by molar-refractivity contribution is -0.140. The Balaban J connectivity index is 2.46. The molecule has 8 heteroatoms. The van der Waals surface area contributed by atoms with Crippen LogP contribution in [0.3, 0.4) is 0 Å². The van der Waals surface area contributed by atoms with Crippen molar-refractivity contribution in [3.05, 3.63) is 59.2 Å². The Kier molecular flexibility index (Phi) is 11.8. The van der Waals surface area contributed by atoms with Crippen molar-refractivity contribution in [1.29, 1.82) is 0 Å². The average Bonchev–Trinajstić information content (AvgIpc) is 2.84. The quantitative estimate of drug-likeness (QED) is 0.271. The number of nitrogens with zero attached hydrogens (tertiary/aromatic N) is 1. The summed E-state index contributed by atoms with van der Waals surface area (Å²) in [6, 6.07) is 10.5. The van der Waals surface area contributed by atoms with Crippen LogP contribution in [-0.4, -0.2) is 46.1 Å². The lowest BCUT2D eigenvalue weighted by Crippen LogP contribution is -2.51. The molecule has 2 aromatic rings. The Morgan fingerprint density at radius 1 is 0.974 bits per heavy atom. The van der Waals surface area contributed by atoms with E-state index in [1.165, 1.54) is 11.0 Å². The molecule has 39 heavy (non-hydrogen) atoms. The molecule has 0 saturated carbocycles. The predicted octanol–water partition coefficient (Wildman–Crippen LogP) is 6.40. The van der Waals surface area contributed by atoms with Crippen molar-refractivity contribution in [2.24, 2.45) is 0 Å². The molecule has 2 unspecified atom stereocenters. The Morgan fingerprint density at radius 3 is 2.26 bits per heavy atom. The maximum Gasteiger partial charge on any atom is 0.408 e. The zero-order chi connectivity index (χ0) is 29.2. The fourth-order valence-electron chi connectivity index (χ4n) is 4.28. The summed E-state index contributed by atoms with van der Waals surface area (Å²) in [7, 11) is 0. The first kappa shape index (κ1) is 31.7. The van der Waals surface area contributed by atoms with Gasteiger partial charge in [-0.25, -0.2) is 4.79 Å². The molecule has 0 fully saturated rings. The number of carbonyl (C=O) groups is 3. The van der Waals surface area contributed by atoms with Crippen LogP contribution in [0, 0.1) is 13.8 Å². The number of phenolic OH excluding ortho intramolecular Hbond substituents is 1. The van der Waals surface area contributed by atoms with Gasteiger partial charge in [0.25, 0.3) is 5.91 Å². The van der Waals surface area contributed by atoms with E-state index in [-0.39, 0.29) is 11.7 Å². The van der Waals surface area contributed by atoms with Crippen LogP contribution in [0.15, 0.2) is 42.5 Å². The number of para-hydroxylation sites is 1. The number of nitrogens with one attached hydrogen (secondary N) is 2. The summed E-state index contributed by atoms with van der Waals surface area (Å²) in [6.07, 6.45) is 4.13. The minimum atomic E-state index is -0.981. The number of carbonyl (C=O) groups excluding carboxylic acids is 3. The van der Waals surface area contributed by atoms with Gasteiger partial charge in [-0.1, -0.05) is 56.9 Å². The number of hydrogen-bond acceptors (Lipinski definition) is 5. The topological polar surface area (TPSA) is 108 Å². The second-order valence-corrected chi connectivity index (χ2v) is 11.1. The normalized spacial score (nSPS) is 12.8. The number of ether oxygens (including phenoxy) is 1. The summed E-state index contributed by atoms with van der Waals surface area (Å²) in [5.74, 6) is -0.665. The molecule has 3 N–H and O–H groups in total. The fourth-order valence-corrected chi connectivity index (χ4v) is 4.28. The molecule has 0 saturated heterocycles. The largest absolute Gasteiger partial charge is 0.508 e. The first-order chi connectivity index (χ1) is 18.3. The van der Waals surface area contributed by atoms with Gasteiger partial charge in [0, 0.05) is 12.2 Å². The number of rotatable bonds is 12. The van der Waals surface area contributed by atoms with E-state index in [0.717, 1.165) is 31.2 Å². The van der Waals surface area contributed by atoms with Crippen LogP contribution in [0.25, 0.3) is 0 Å². The minimum absolute atomic E-state index is 0.106. The van der Waals surface area contributed by atoms with Gasteiger partial charge < -0.3 is 25.4 Å². The van der Waals surface area contributed by atoms with Crippen LogP contribution in [0.2, 0.25) is 0 Å². The monoisotopic (exact) mass is 539 g/mol. The number of alkyl carbamates (subject to hydrolysis) is 1. The van der Waals surface area contributed by atoms with E-state index in [9.17, 15) is 19.5 Å². The summed E-state index contributed by atoms with van der Waals surface area (Å²) in [6.45, 7) is 13.0. The Morgan fingerprint density at radius 2 is 1.64 bits per heavy atom. The van der Waals surface area contributed by atoms with Gasteiger partial charge in [-0.2, -0.15) is 0 Å². The number of unbranched alkanes of at least 4 members (excludes halogenated alkanes) is 4. The second-order valence-electron chi connectivity index (χ2n) is 11.1. The Bertz CT molecular complexity index is 1130. The van der Waals surface area contributed by atoms with Crippen molar-refractivity contribution in [2.45, 2.75) is 98.3 Å². The van der Waals surface area contributed by atoms with E-state index in [2.05, 4.69) is 17.6 Å². The molecule has 0 radical (unpaired) electrons. The van der Waals surface area contributed by atoms with Gasteiger partial charge in [0.1, 0.15) is 23.4 Å². The zero-order valence-electron chi connectivity index (χ0n) is 24.5. The number of hydrogen-bond donors (Lipinski definition) is 3. The van der Waals surface area contributed by atoms with E-state index < -0.39 is 29.7 Å². The van der Waals surface area contributed by atoms with E-state index in [1.807, 2.05) is 31.2 Å². The highest BCUT2D eigenvalue weighted by atomic mass is 16.6. The van der Waals surface area contributed by atoms with Gasteiger partial charge in [-0.05, 0) is 82.9 Å². The van der Waals surface area contributed by atoms with Crippen LogP contribution < -0.4 is 10.6 Å². The Labute approximate surface area is 233 Å².